The summed E-state index contributed by atoms with van der Waals surface area (Å²) in [6.07, 6.45) is -19.8. The second kappa shape index (κ2) is 14.3. The zero-order chi connectivity index (χ0) is 29.9. The predicted molar refractivity (Wildman–Crippen MR) is 131 cm³/mol. The number of ether oxygens (including phenoxy) is 4. The Morgan fingerprint density at radius 3 is 2.05 bits per heavy atom. The lowest BCUT2D eigenvalue weighted by molar-refractivity contribution is -0.332. The maximum Gasteiger partial charge on any atom is 0.249 e. The highest BCUT2D eigenvalue weighted by Crippen LogP contribution is 2.32. The maximum atomic E-state index is 12.6. The summed E-state index contributed by atoms with van der Waals surface area (Å²) in [7, 11) is 0. The van der Waals surface area contributed by atoms with E-state index in [4.69, 9.17) is 41.9 Å². The van der Waals surface area contributed by atoms with Crippen LogP contribution >= 0.6 is 0 Å². The van der Waals surface area contributed by atoms with Crippen LogP contribution in [0.4, 0.5) is 0 Å². The third-order valence-electron chi connectivity index (χ3n) is 7.51. The number of hydrogen-bond acceptors (Lipinski definition) is 17. The normalized spacial score (nSPS) is 47.0. The van der Waals surface area contributed by atoms with Gasteiger partial charge in [-0.1, -0.05) is 0 Å². The zero-order valence-electron chi connectivity index (χ0n) is 21.7. The summed E-state index contributed by atoms with van der Waals surface area (Å²) in [6, 6.07) is -3.45. The lowest BCUT2D eigenvalue weighted by Gasteiger charge is -2.49. The van der Waals surface area contributed by atoms with Crippen molar-refractivity contribution in [2.24, 2.45) is 22.9 Å². The molecule has 17 N–H and O–H groups in total. The molecule has 1 aliphatic carbocycles. The molecule has 0 spiro atoms. The van der Waals surface area contributed by atoms with Crippen molar-refractivity contribution in [3.63, 3.8) is 0 Å². The summed E-state index contributed by atoms with van der Waals surface area (Å²) >= 11 is 0. The van der Waals surface area contributed by atoms with Gasteiger partial charge in [0.25, 0.3) is 0 Å². The second-order valence-corrected chi connectivity index (χ2v) is 10.3. The third kappa shape index (κ3) is 7.06. The number of aliphatic hydroxyl groups excluding tert-OH is 8. The first kappa shape index (κ1) is 33.3. The molecule has 2 saturated heterocycles. The largest absolute Gasteiger partial charge is 0.394 e. The van der Waals surface area contributed by atoms with Gasteiger partial charge in [-0.3, -0.25) is 4.79 Å². The van der Waals surface area contributed by atoms with Crippen molar-refractivity contribution >= 4 is 5.91 Å². The van der Waals surface area contributed by atoms with Crippen molar-refractivity contribution in [1.82, 2.24) is 5.32 Å². The van der Waals surface area contributed by atoms with Gasteiger partial charge in [-0.05, 0) is 19.4 Å². The first-order valence-corrected chi connectivity index (χ1v) is 13.1. The van der Waals surface area contributed by atoms with Crippen LogP contribution < -0.4 is 28.3 Å². The Balaban J connectivity index is 1.85. The van der Waals surface area contributed by atoms with Crippen LogP contribution in [-0.2, 0) is 23.7 Å². The first-order valence-electron chi connectivity index (χ1n) is 13.1. The highest BCUT2D eigenvalue weighted by atomic mass is 16.7. The third-order valence-corrected chi connectivity index (χ3v) is 7.51. The summed E-state index contributed by atoms with van der Waals surface area (Å²) in [6.45, 7) is -0.898. The van der Waals surface area contributed by atoms with Gasteiger partial charge in [0.15, 0.2) is 12.6 Å². The molecular formula is C22H43N5O13. The molecule has 0 aromatic carbocycles. The maximum absolute atomic E-state index is 12.6. The van der Waals surface area contributed by atoms with E-state index in [-0.39, 0.29) is 25.9 Å². The van der Waals surface area contributed by atoms with E-state index >= 15 is 0 Å². The summed E-state index contributed by atoms with van der Waals surface area (Å²) in [4.78, 5) is 12.6. The molecule has 1 amide bonds. The van der Waals surface area contributed by atoms with Crippen molar-refractivity contribution in [2.45, 2.75) is 111 Å². The minimum atomic E-state index is -1.76. The van der Waals surface area contributed by atoms with Gasteiger partial charge in [0.05, 0.1) is 18.7 Å². The predicted octanol–water partition coefficient (Wildman–Crippen LogP) is -8.42. The van der Waals surface area contributed by atoms with Crippen LogP contribution in [0.5, 0.6) is 0 Å². The van der Waals surface area contributed by atoms with E-state index in [9.17, 15) is 45.6 Å². The number of nitrogens with one attached hydrogen (secondary N) is 1. The fourth-order valence-corrected chi connectivity index (χ4v) is 5.07. The summed E-state index contributed by atoms with van der Waals surface area (Å²) in [5.41, 5.74) is 23.1. The van der Waals surface area contributed by atoms with Crippen molar-refractivity contribution < 1.29 is 64.6 Å². The molecule has 16 atom stereocenters. The molecule has 18 heteroatoms. The Bertz CT molecular complexity index is 815. The molecule has 3 rings (SSSR count). The van der Waals surface area contributed by atoms with Gasteiger partial charge in [0, 0.05) is 12.6 Å². The minimum absolute atomic E-state index is 0.0101. The quantitative estimate of drug-likeness (QED) is 0.113. The van der Waals surface area contributed by atoms with Gasteiger partial charge in [-0.25, -0.2) is 0 Å². The molecule has 0 aromatic heterocycles. The van der Waals surface area contributed by atoms with E-state index in [2.05, 4.69) is 5.32 Å². The number of nitrogens with two attached hydrogens (primary N) is 4. The Kier molecular flexibility index (Phi) is 11.9. The van der Waals surface area contributed by atoms with Crippen LogP contribution in [0.1, 0.15) is 12.8 Å². The molecule has 0 bridgehead atoms. The number of amides is 1. The summed E-state index contributed by atoms with van der Waals surface area (Å²) in [5.74, 6) is -0.845. The molecule has 234 valence electrons. The smallest absolute Gasteiger partial charge is 0.249 e. The van der Waals surface area contributed by atoms with Gasteiger partial charge in [-0.15, -0.1) is 0 Å². The van der Waals surface area contributed by atoms with Gasteiger partial charge in [-0.2, -0.15) is 0 Å². The van der Waals surface area contributed by atoms with E-state index in [0.717, 1.165) is 0 Å². The number of aliphatic hydroxyl groups is 8. The van der Waals surface area contributed by atoms with Crippen molar-refractivity contribution in [2.75, 3.05) is 19.7 Å². The summed E-state index contributed by atoms with van der Waals surface area (Å²) in [5, 5.41) is 84.9. The molecule has 0 radical (unpaired) electrons. The molecule has 40 heavy (non-hydrogen) atoms. The van der Waals surface area contributed by atoms with E-state index < -0.39 is 110 Å². The van der Waals surface area contributed by atoms with Crippen LogP contribution in [-0.4, -0.2) is 164 Å². The Labute approximate surface area is 229 Å². The Morgan fingerprint density at radius 2 is 1.45 bits per heavy atom. The van der Waals surface area contributed by atoms with Gasteiger partial charge in [0.1, 0.15) is 67.1 Å². The molecule has 0 unspecified atom stereocenters. The van der Waals surface area contributed by atoms with Crippen molar-refractivity contribution in [1.29, 1.82) is 0 Å². The topological polar surface area (TPSA) is 332 Å². The lowest BCUT2D eigenvalue weighted by atomic mass is 9.83. The first-order chi connectivity index (χ1) is 18.9. The van der Waals surface area contributed by atoms with Crippen LogP contribution in [0.25, 0.3) is 0 Å². The Hall–Kier alpha value is -1.17. The van der Waals surface area contributed by atoms with Crippen molar-refractivity contribution in [3.05, 3.63) is 0 Å². The molecule has 2 heterocycles. The SMILES string of the molecule is NCC[C@H](O)C(=O)N[C@@H]1C[C@H](N)[C@H](O[C@@H]2O[C@H](CN)[C@H](O)[C@H](O)[C@@H]2O)[C@H](O)[C@@H]1O[C@@H]1O[C@H](CO)[C@H](O)[C@@H](N)[C@@H]1O. The molecule has 18 nitrogen and oxygen atoms in total. The number of rotatable bonds is 10. The van der Waals surface area contributed by atoms with Gasteiger partial charge in [0.2, 0.25) is 5.91 Å². The van der Waals surface area contributed by atoms with Crippen LogP contribution in [0.15, 0.2) is 0 Å². The van der Waals surface area contributed by atoms with E-state index in [0.29, 0.717) is 0 Å². The average Bonchev–Trinajstić information content (AvgIpc) is 2.92. The van der Waals surface area contributed by atoms with Gasteiger partial charge >= 0.3 is 0 Å². The fraction of sp³-hybridized carbons (Fsp3) is 0.955. The van der Waals surface area contributed by atoms with Gasteiger partial charge < -0.3 is 88.1 Å². The van der Waals surface area contributed by atoms with E-state index in [1.54, 1.807) is 0 Å². The highest BCUT2D eigenvalue weighted by Gasteiger charge is 2.52. The Morgan fingerprint density at radius 1 is 0.850 bits per heavy atom. The van der Waals surface area contributed by atoms with Crippen LogP contribution in [0.3, 0.4) is 0 Å². The average molecular weight is 586 g/mol. The minimum Gasteiger partial charge on any atom is -0.394 e. The second-order valence-electron chi connectivity index (χ2n) is 10.3. The number of carbonyl (C=O) groups excluding carboxylic acids is 1. The number of hydrogen-bond donors (Lipinski definition) is 13. The molecule has 2 aliphatic heterocycles. The van der Waals surface area contributed by atoms with Crippen molar-refractivity contribution in [3.8, 4) is 0 Å². The monoisotopic (exact) mass is 585 g/mol. The standard InChI is InChI=1S/C22H43N5O13/c23-2-1-8(29)20(36)27-7-3-6(25)18(39-22-16(34)15(33)13(31)9(4-24)37-22)17(35)19(7)40-21-14(32)11(26)12(30)10(5-28)38-21/h6-19,21-22,28-35H,1-5,23-26H2,(H,27,36)/t6-,7+,8-,9+,10+,11+,12-,13-,14-,15-,16-,17-,18-,19+,21-,22-/m0/s1. The summed E-state index contributed by atoms with van der Waals surface area (Å²) < 4.78 is 22.5. The molecule has 3 fully saturated rings. The highest BCUT2D eigenvalue weighted by molar-refractivity contribution is 5.80. The van der Waals surface area contributed by atoms with Crippen LogP contribution in [0.2, 0.25) is 0 Å². The lowest BCUT2D eigenvalue weighted by Crippen LogP contribution is -2.69. The molecular weight excluding hydrogens is 542 g/mol. The van der Waals surface area contributed by atoms with E-state index in [1.165, 1.54) is 0 Å². The zero-order valence-corrected chi connectivity index (χ0v) is 21.7. The number of carbonyl (C=O) groups is 1. The molecule has 1 saturated carbocycles. The van der Waals surface area contributed by atoms with Crippen LogP contribution in [0, 0.1) is 0 Å². The molecule has 3 aliphatic rings. The fourth-order valence-electron chi connectivity index (χ4n) is 5.07. The molecule has 0 aromatic rings. The van der Waals surface area contributed by atoms with E-state index in [1.807, 2.05) is 0 Å².